The first-order valence-electron chi connectivity index (χ1n) is 6.06. The predicted molar refractivity (Wildman–Crippen MR) is 73.2 cm³/mol. The minimum atomic E-state index is -0.320. The molecule has 0 bridgehead atoms. The second-order valence-corrected chi connectivity index (χ2v) is 5.86. The third-order valence-corrected chi connectivity index (χ3v) is 3.29. The molecule has 1 aromatic carbocycles. The lowest BCUT2D eigenvalue weighted by Gasteiger charge is -2.28. The number of carbonyl (C=O) groups excluding carboxylic acids is 1. The zero-order valence-corrected chi connectivity index (χ0v) is 12.2. The second-order valence-electron chi connectivity index (χ2n) is 5.43. The summed E-state index contributed by atoms with van der Waals surface area (Å²) >= 11 is 5.82. The maximum atomic E-state index is 11.7. The van der Waals surface area contributed by atoms with E-state index in [0.717, 1.165) is 6.54 Å². The molecule has 0 saturated heterocycles. The van der Waals surface area contributed by atoms with Crippen LogP contribution in [0.5, 0.6) is 0 Å². The van der Waals surface area contributed by atoms with Gasteiger partial charge in [0, 0.05) is 5.02 Å². The molecule has 0 aliphatic carbocycles. The van der Waals surface area contributed by atoms with Crippen LogP contribution in [-0.2, 0) is 4.74 Å². The highest BCUT2D eigenvalue weighted by Gasteiger charge is 2.20. The Labute approximate surface area is 114 Å². The normalized spacial score (nSPS) is 13.2. The van der Waals surface area contributed by atoms with Crippen molar-refractivity contribution in [1.29, 1.82) is 0 Å². The van der Waals surface area contributed by atoms with E-state index >= 15 is 0 Å². The van der Waals surface area contributed by atoms with Crippen LogP contribution in [0.15, 0.2) is 24.3 Å². The van der Waals surface area contributed by atoms with Crippen LogP contribution in [0.4, 0.5) is 0 Å². The number of esters is 1. The molecule has 0 fully saturated rings. The number of hydrogen-bond donors (Lipinski definition) is 1. The Morgan fingerprint density at radius 1 is 1.39 bits per heavy atom. The van der Waals surface area contributed by atoms with E-state index in [1.807, 2.05) is 0 Å². The zero-order chi connectivity index (χ0) is 13.8. The molecule has 0 heterocycles. The van der Waals surface area contributed by atoms with E-state index in [4.69, 9.17) is 16.3 Å². The van der Waals surface area contributed by atoms with E-state index in [9.17, 15) is 4.79 Å². The highest BCUT2D eigenvalue weighted by molar-refractivity contribution is 6.30. The van der Waals surface area contributed by atoms with Crippen LogP contribution >= 0.6 is 11.6 Å². The second kappa shape index (κ2) is 6.21. The number of likely N-dealkylation sites (N-methyl/N-ethyl adjacent to an activating group) is 1. The quantitative estimate of drug-likeness (QED) is 0.846. The summed E-state index contributed by atoms with van der Waals surface area (Å²) in [5.74, 6) is -0.320. The molecule has 1 rings (SSSR count). The molecule has 0 radical (unpaired) electrons. The van der Waals surface area contributed by atoms with Crippen LogP contribution in [0.3, 0.4) is 0 Å². The van der Waals surface area contributed by atoms with Crippen LogP contribution in [0.1, 0.15) is 31.1 Å². The molecule has 4 heteroatoms. The van der Waals surface area contributed by atoms with Gasteiger partial charge in [0.1, 0.15) is 13.2 Å². The molecular weight excluding hydrogens is 250 g/mol. The van der Waals surface area contributed by atoms with Crippen molar-refractivity contribution in [3.63, 3.8) is 0 Å². The monoisotopic (exact) mass is 270 g/mol. The van der Waals surface area contributed by atoms with Crippen molar-refractivity contribution < 1.29 is 14.4 Å². The van der Waals surface area contributed by atoms with Gasteiger partial charge >= 0.3 is 5.97 Å². The van der Waals surface area contributed by atoms with Crippen molar-refractivity contribution >= 4 is 17.6 Å². The molecule has 0 spiro atoms. The fourth-order valence-electron chi connectivity index (χ4n) is 1.37. The lowest BCUT2D eigenvalue weighted by atomic mass is 10.1. The van der Waals surface area contributed by atoms with Gasteiger partial charge in [-0.25, -0.2) is 4.79 Å². The highest BCUT2D eigenvalue weighted by Crippen LogP contribution is 2.11. The lowest BCUT2D eigenvalue weighted by Crippen LogP contribution is -3.16. The van der Waals surface area contributed by atoms with Gasteiger partial charge in [-0.05, 0) is 39.0 Å². The maximum absolute atomic E-state index is 11.7. The van der Waals surface area contributed by atoms with Crippen LogP contribution in [0.25, 0.3) is 0 Å². The van der Waals surface area contributed by atoms with Gasteiger partial charge in [-0.2, -0.15) is 0 Å². The smallest absolute Gasteiger partial charge is 0.338 e. The Morgan fingerprint density at radius 2 is 2.06 bits per heavy atom. The molecule has 3 nitrogen and oxygen atoms in total. The summed E-state index contributed by atoms with van der Waals surface area (Å²) in [6, 6.07) is 6.79. The summed E-state index contributed by atoms with van der Waals surface area (Å²) in [7, 11) is 2.09. The van der Waals surface area contributed by atoms with Crippen molar-refractivity contribution in [2.45, 2.75) is 26.3 Å². The molecule has 0 aliphatic heterocycles. The first kappa shape index (κ1) is 15.0. The van der Waals surface area contributed by atoms with Gasteiger partial charge in [0.15, 0.2) is 0 Å². The standard InChI is InChI=1S/C14H20ClNO2/c1-14(2,3)16(4)8-9-18-13(17)11-6-5-7-12(15)10-11/h5-7,10H,8-9H2,1-4H3/p+1. The largest absolute Gasteiger partial charge is 0.456 e. The van der Waals surface area contributed by atoms with Gasteiger partial charge in [-0.15, -0.1) is 0 Å². The van der Waals surface area contributed by atoms with Crippen molar-refractivity contribution in [2.75, 3.05) is 20.2 Å². The number of nitrogens with one attached hydrogen (secondary N) is 1. The molecule has 0 amide bonds. The van der Waals surface area contributed by atoms with Gasteiger partial charge in [0.2, 0.25) is 0 Å². The Balaban J connectivity index is 2.43. The number of halogens is 1. The molecule has 1 unspecified atom stereocenters. The Bertz CT molecular complexity index is 413. The molecule has 0 aromatic heterocycles. The van der Waals surface area contributed by atoms with Crippen LogP contribution in [0.2, 0.25) is 5.02 Å². The summed E-state index contributed by atoms with van der Waals surface area (Å²) in [5.41, 5.74) is 0.651. The fraction of sp³-hybridized carbons (Fsp3) is 0.500. The van der Waals surface area contributed by atoms with Crippen LogP contribution in [-0.4, -0.2) is 31.7 Å². The van der Waals surface area contributed by atoms with Gasteiger partial charge < -0.3 is 9.64 Å². The highest BCUT2D eigenvalue weighted by atomic mass is 35.5. The van der Waals surface area contributed by atoms with E-state index in [1.54, 1.807) is 24.3 Å². The third kappa shape index (κ3) is 4.67. The average Bonchev–Trinajstić information content (AvgIpc) is 2.27. The Kier molecular flexibility index (Phi) is 5.17. The summed E-state index contributed by atoms with van der Waals surface area (Å²) in [5, 5.41) is 0.543. The lowest BCUT2D eigenvalue weighted by molar-refractivity contribution is -0.927. The van der Waals surface area contributed by atoms with Gasteiger partial charge in [-0.1, -0.05) is 17.7 Å². The summed E-state index contributed by atoms with van der Waals surface area (Å²) in [4.78, 5) is 13.1. The number of rotatable bonds is 4. The number of quaternary nitrogens is 1. The molecule has 0 saturated carbocycles. The van der Waals surface area contributed by atoms with E-state index in [2.05, 4.69) is 27.8 Å². The molecular formula is C14H21ClNO2+. The molecule has 18 heavy (non-hydrogen) atoms. The molecule has 1 N–H and O–H groups in total. The van der Waals surface area contributed by atoms with Crippen LogP contribution in [0, 0.1) is 0 Å². The third-order valence-electron chi connectivity index (χ3n) is 3.05. The summed E-state index contributed by atoms with van der Waals surface area (Å²) in [6.07, 6.45) is 0. The van der Waals surface area contributed by atoms with Gasteiger partial charge in [0.05, 0.1) is 18.2 Å². The number of hydrogen-bond acceptors (Lipinski definition) is 2. The average molecular weight is 271 g/mol. The minimum Gasteiger partial charge on any atom is -0.456 e. The molecule has 1 aromatic rings. The number of ether oxygens (including phenoxy) is 1. The van der Waals surface area contributed by atoms with Crippen molar-refractivity contribution in [2.24, 2.45) is 0 Å². The maximum Gasteiger partial charge on any atom is 0.338 e. The van der Waals surface area contributed by atoms with Crippen molar-refractivity contribution in [3.05, 3.63) is 34.9 Å². The molecule has 1 atom stereocenters. The van der Waals surface area contributed by atoms with E-state index in [1.165, 1.54) is 4.90 Å². The number of benzene rings is 1. The summed E-state index contributed by atoms with van der Waals surface area (Å²) in [6.45, 7) is 7.66. The first-order chi connectivity index (χ1) is 8.30. The van der Waals surface area contributed by atoms with Gasteiger partial charge in [0.25, 0.3) is 0 Å². The van der Waals surface area contributed by atoms with Gasteiger partial charge in [-0.3, -0.25) is 0 Å². The minimum absolute atomic E-state index is 0.155. The van der Waals surface area contributed by atoms with Crippen molar-refractivity contribution in [1.82, 2.24) is 0 Å². The summed E-state index contributed by atoms with van der Waals surface area (Å²) < 4.78 is 5.23. The SMILES string of the molecule is C[NH+](CCOC(=O)c1cccc(Cl)c1)C(C)(C)C. The van der Waals surface area contributed by atoms with Crippen molar-refractivity contribution in [3.8, 4) is 0 Å². The topological polar surface area (TPSA) is 30.7 Å². The number of carbonyl (C=O) groups is 1. The molecule has 100 valence electrons. The Hall–Kier alpha value is -1.06. The fourth-order valence-corrected chi connectivity index (χ4v) is 1.56. The zero-order valence-electron chi connectivity index (χ0n) is 11.4. The van der Waals surface area contributed by atoms with E-state index in [0.29, 0.717) is 17.2 Å². The van der Waals surface area contributed by atoms with E-state index < -0.39 is 0 Å². The first-order valence-corrected chi connectivity index (χ1v) is 6.44. The Morgan fingerprint density at radius 3 is 2.61 bits per heavy atom. The molecule has 0 aliphatic rings. The predicted octanol–water partition coefficient (Wildman–Crippen LogP) is 1.81. The van der Waals surface area contributed by atoms with Crippen LogP contribution < -0.4 is 4.90 Å². The van der Waals surface area contributed by atoms with E-state index in [-0.39, 0.29) is 11.5 Å².